The summed E-state index contributed by atoms with van der Waals surface area (Å²) in [4.78, 5) is 25.0. The van der Waals surface area contributed by atoms with E-state index in [0.717, 1.165) is 6.92 Å². The van der Waals surface area contributed by atoms with Gasteiger partial charge in [0.25, 0.3) is 5.97 Å². The third-order valence-corrected chi connectivity index (χ3v) is 7.16. The first-order valence-electron chi connectivity index (χ1n) is 8.61. The SMILES string of the molecule is CC(=O)O.Cc1nnnn1CCC(=O)N1C[C@H]2[C@@H](N(C)C)CS(=O)(=O)[C@H]2C1. The molecule has 27 heavy (non-hydrogen) atoms. The second-order valence-electron chi connectivity index (χ2n) is 7.08. The number of fused-ring (bicyclic) bond motifs is 1. The summed E-state index contributed by atoms with van der Waals surface area (Å²) in [5.41, 5.74) is 0. The van der Waals surface area contributed by atoms with Crippen LogP contribution in [-0.4, -0.2) is 99.6 Å². The number of amides is 1. The van der Waals surface area contributed by atoms with Crippen LogP contribution >= 0.6 is 0 Å². The summed E-state index contributed by atoms with van der Waals surface area (Å²) in [5, 5.41) is 18.1. The Morgan fingerprint density at radius 3 is 2.44 bits per heavy atom. The van der Waals surface area contributed by atoms with Gasteiger partial charge in [0, 0.05) is 38.4 Å². The Balaban J connectivity index is 0.000000596. The van der Waals surface area contributed by atoms with Crippen molar-refractivity contribution in [2.24, 2.45) is 5.92 Å². The number of carboxylic acids is 1. The molecule has 152 valence electrons. The minimum atomic E-state index is -3.12. The van der Waals surface area contributed by atoms with E-state index in [-0.39, 0.29) is 30.0 Å². The predicted octanol–water partition coefficient (Wildman–Crippen LogP) is -1.35. The largest absolute Gasteiger partial charge is 0.481 e. The fraction of sp³-hybridized carbons (Fsp3) is 0.800. The van der Waals surface area contributed by atoms with E-state index in [2.05, 4.69) is 15.5 Å². The topological polar surface area (TPSA) is 139 Å². The van der Waals surface area contributed by atoms with Crippen molar-refractivity contribution in [3.05, 3.63) is 5.82 Å². The second kappa shape index (κ2) is 8.30. The van der Waals surface area contributed by atoms with Crippen molar-refractivity contribution >= 4 is 21.7 Å². The molecule has 2 saturated heterocycles. The van der Waals surface area contributed by atoms with Crippen LogP contribution in [-0.2, 0) is 26.0 Å². The second-order valence-corrected chi connectivity index (χ2v) is 9.34. The van der Waals surface area contributed by atoms with Gasteiger partial charge in [-0.05, 0) is 31.4 Å². The molecule has 1 amide bonds. The van der Waals surface area contributed by atoms with Gasteiger partial charge in [-0.3, -0.25) is 9.59 Å². The highest BCUT2D eigenvalue weighted by atomic mass is 32.2. The zero-order valence-electron chi connectivity index (χ0n) is 15.9. The first-order chi connectivity index (χ1) is 12.5. The fourth-order valence-electron chi connectivity index (χ4n) is 3.58. The Kier molecular flexibility index (Phi) is 6.52. The number of carboxylic acid groups (broad SMARTS) is 1. The van der Waals surface area contributed by atoms with Crippen LogP contribution < -0.4 is 0 Å². The Bertz CT molecular complexity index is 788. The highest BCUT2D eigenvalue weighted by Crippen LogP contribution is 2.36. The monoisotopic (exact) mass is 402 g/mol. The third kappa shape index (κ3) is 5.01. The van der Waals surface area contributed by atoms with E-state index < -0.39 is 21.1 Å². The van der Waals surface area contributed by atoms with Gasteiger partial charge >= 0.3 is 0 Å². The van der Waals surface area contributed by atoms with Crippen molar-refractivity contribution in [1.29, 1.82) is 0 Å². The summed E-state index contributed by atoms with van der Waals surface area (Å²) in [5.74, 6) is -0.0108. The summed E-state index contributed by atoms with van der Waals surface area (Å²) in [6, 6.07) is -0.00967. The van der Waals surface area contributed by atoms with Crippen molar-refractivity contribution in [1.82, 2.24) is 30.0 Å². The Labute approximate surface area is 158 Å². The summed E-state index contributed by atoms with van der Waals surface area (Å²) >= 11 is 0. The molecule has 0 spiro atoms. The highest BCUT2D eigenvalue weighted by molar-refractivity contribution is 7.92. The number of aryl methyl sites for hydroxylation is 2. The minimum absolute atomic E-state index is 0.00808. The van der Waals surface area contributed by atoms with E-state index in [0.29, 0.717) is 25.5 Å². The van der Waals surface area contributed by atoms with E-state index in [4.69, 9.17) is 9.90 Å². The zero-order chi connectivity index (χ0) is 20.4. The van der Waals surface area contributed by atoms with Crippen LogP contribution in [0.1, 0.15) is 19.2 Å². The average molecular weight is 402 g/mol. The molecule has 3 rings (SSSR count). The number of tetrazole rings is 1. The van der Waals surface area contributed by atoms with E-state index in [1.807, 2.05) is 19.0 Å². The lowest BCUT2D eigenvalue weighted by molar-refractivity contribution is -0.134. The number of nitrogens with zero attached hydrogens (tertiary/aromatic N) is 6. The molecule has 2 fully saturated rings. The van der Waals surface area contributed by atoms with Crippen LogP contribution in [0.15, 0.2) is 0 Å². The molecular formula is C15H26N6O5S. The Morgan fingerprint density at radius 2 is 1.93 bits per heavy atom. The maximum atomic E-state index is 12.4. The van der Waals surface area contributed by atoms with Crippen molar-refractivity contribution in [2.45, 2.75) is 38.1 Å². The molecule has 0 aromatic carbocycles. The molecule has 2 aliphatic rings. The van der Waals surface area contributed by atoms with Crippen LogP contribution in [0, 0.1) is 12.8 Å². The molecule has 3 heterocycles. The highest BCUT2D eigenvalue weighted by Gasteiger charge is 2.53. The van der Waals surface area contributed by atoms with E-state index in [1.165, 1.54) is 0 Å². The molecule has 11 nitrogen and oxygen atoms in total. The summed E-state index contributed by atoms with van der Waals surface area (Å²) in [6.07, 6.45) is 0.276. The van der Waals surface area contributed by atoms with Crippen LogP contribution in [0.25, 0.3) is 0 Å². The standard InChI is InChI=1S/C13H22N6O3S.C2H4O2/c1-9-14-15-16-19(9)5-4-13(20)18-6-10-11(17(2)3)8-23(21,22)12(10)7-18;1-2(3)4/h10-12H,4-8H2,1-3H3;1H3,(H,3,4)/t10-,11-,12-;/m0./s1. The molecular weight excluding hydrogens is 376 g/mol. The molecule has 2 aliphatic heterocycles. The molecule has 0 radical (unpaired) electrons. The van der Waals surface area contributed by atoms with Gasteiger partial charge in [-0.2, -0.15) is 0 Å². The summed E-state index contributed by atoms with van der Waals surface area (Å²) in [6.45, 7) is 4.09. The van der Waals surface area contributed by atoms with Crippen LogP contribution in [0.4, 0.5) is 0 Å². The lowest BCUT2D eigenvalue weighted by atomic mass is 10.00. The van der Waals surface area contributed by atoms with Gasteiger partial charge in [0.15, 0.2) is 9.84 Å². The Hall–Kier alpha value is -2.08. The van der Waals surface area contributed by atoms with Gasteiger partial charge in [-0.1, -0.05) is 0 Å². The number of hydrogen-bond acceptors (Lipinski definition) is 8. The number of hydrogen-bond donors (Lipinski definition) is 1. The number of carbonyl (C=O) groups excluding carboxylic acids is 1. The van der Waals surface area contributed by atoms with Crippen LogP contribution in [0.3, 0.4) is 0 Å². The van der Waals surface area contributed by atoms with E-state index in [9.17, 15) is 13.2 Å². The van der Waals surface area contributed by atoms with Gasteiger partial charge in [-0.15, -0.1) is 5.10 Å². The van der Waals surface area contributed by atoms with Crippen molar-refractivity contribution in [3.8, 4) is 0 Å². The Morgan fingerprint density at radius 1 is 1.30 bits per heavy atom. The van der Waals surface area contributed by atoms with Gasteiger partial charge in [0.1, 0.15) is 5.82 Å². The van der Waals surface area contributed by atoms with Crippen LogP contribution in [0.5, 0.6) is 0 Å². The summed E-state index contributed by atoms with van der Waals surface area (Å²) < 4.78 is 26.2. The first-order valence-corrected chi connectivity index (χ1v) is 10.3. The number of rotatable bonds is 4. The maximum Gasteiger partial charge on any atom is 0.300 e. The fourth-order valence-corrected chi connectivity index (χ4v) is 6.06. The molecule has 12 heteroatoms. The number of aliphatic carboxylic acids is 1. The van der Waals surface area contributed by atoms with Crippen LogP contribution in [0.2, 0.25) is 0 Å². The number of sulfone groups is 1. The summed E-state index contributed by atoms with van der Waals surface area (Å²) in [7, 11) is 0.670. The molecule has 0 unspecified atom stereocenters. The lowest BCUT2D eigenvalue weighted by Crippen LogP contribution is -2.38. The number of carbonyl (C=O) groups is 2. The maximum absolute atomic E-state index is 12.4. The van der Waals surface area contributed by atoms with Gasteiger partial charge in [0.2, 0.25) is 5.91 Å². The first kappa shape index (κ1) is 21.2. The predicted molar refractivity (Wildman–Crippen MR) is 95.6 cm³/mol. The number of likely N-dealkylation sites (tertiary alicyclic amines) is 1. The normalized spacial score (nSPS) is 25.8. The molecule has 1 aromatic heterocycles. The molecule has 0 bridgehead atoms. The quantitative estimate of drug-likeness (QED) is 0.647. The molecule has 1 N–H and O–H groups in total. The zero-order valence-corrected chi connectivity index (χ0v) is 16.8. The molecule has 0 saturated carbocycles. The molecule has 1 aromatic rings. The van der Waals surface area contributed by atoms with Crippen molar-refractivity contribution in [3.63, 3.8) is 0 Å². The molecule has 0 aliphatic carbocycles. The number of aromatic nitrogens is 4. The van der Waals surface area contributed by atoms with Crippen molar-refractivity contribution in [2.75, 3.05) is 32.9 Å². The third-order valence-electron chi connectivity index (χ3n) is 4.93. The average Bonchev–Trinajstić information content (AvgIpc) is 3.21. The van der Waals surface area contributed by atoms with E-state index in [1.54, 1.807) is 16.5 Å². The smallest absolute Gasteiger partial charge is 0.300 e. The lowest BCUT2D eigenvalue weighted by Gasteiger charge is -2.25. The van der Waals surface area contributed by atoms with Gasteiger partial charge in [0.05, 0.1) is 17.5 Å². The van der Waals surface area contributed by atoms with E-state index >= 15 is 0 Å². The van der Waals surface area contributed by atoms with Crippen molar-refractivity contribution < 1.29 is 23.1 Å². The molecule has 3 atom stereocenters. The minimum Gasteiger partial charge on any atom is -0.481 e. The van der Waals surface area contributed by atoms with Gasteiger partial charge < -0.3 is 14.9 Å². The van der Waals surface area contributed by atoms with Gasteiger partial charge in [-0.25, -0.2) is 13.1 Å².